The van der Waals surface area contributed by atoms with Gasteiger partial charge in [0.05, 0.1) is 31.6 Å². The number of piperazine rings is 2. The second-order valence-corrected chi connectivity index (χ2v) is 11.8. The molecule has 244 valence electrons. The maximum atomic E-state index is 14.4. The van der Waals surface area contributed by atoms with Crippen LogP contribution >= 0.6 is 0 Å². The predicted molar refractivity (Wildman–Crippen MR) is 168 cm³/mol. The molecular formula is C33H38F3N7O3. The highest BCUT2D eigenvalue weighted by atomic mass is 19.4. The summed E-state index contributed by atoms with van der Waals surface area (Å²) < 4.78 is 49.1. The summed E-state index contributed by atoms with van der Waals surface area (Å²) in [4.78, 5) is 24.7. The zero-order valence-corrected chi connectivity index (χ0v) is 26.1. The number of aromatic nitrogens is 3. The summed E-state index contributed by atoms with van der Waals surface area (Å²) in [5.74, 6) is 0.121. The molecule has 1 amide bonds. The smallest absolute Gasteiger partial charge is 0.433 e. The van der Waals surface area contributed by atoms with Crippen molar-refractivity contribution in [2.45, 2.75) is 32.1 Å². The van der Waals surface area contributed by atoms with E-state index in [9.17, 15) is 23.1 Å². The summed E-state index contributed by atoms with van der Waals surface area (Å²) in [6.07, 6.45) is -3.56. The first-order valence-corrected chi connectivity index (χ1v) is 15.4. The number of carbonyl (C=O) groups is 1. The van der Waals surface area contributed by atoms with Crippen molar-refractivity contribution in [2.24, 2.45) is 0 Å². The van der Waals surface area contributed by atoms with Crippen LogP contribution in [0.2, 0.25) is 0 Å². The van der Waals surface area contributed by atoms with Crippen molar-refractivity contribution in [1.29, 1.82) is 0 Å². The van der Waals surface area contributed by atoms with Crippen LogP contribution in [0.4, 0.5) is 18.9 Å². The Morgan fingerprint density at radius 1 is 1.11 bits per heavy atom. The second kappa shape index (κ2) is 12.9. The number of alkyl halides is 3. The van der Waals surface area contributed by atoms with E-state index in [1.54, 1.807) is 29.2 Å². The van der Waals surface area contributed by atoms with Crippen LogP contribution in [0.15, 0.2) is 54.7 Å². The number of nitrogens with one attached hydrogen (secondary N) is 1. The van der Waals surface area contributed by atoms with E-state index >= 15 is 0 Å². The Bertz CT molecular complexity index is 1700. The van der Waals surface area contributed by atoms with Crippen molar-refractivity contribution in [2.75, 3.05) is 64.4 Å². The number of rotatable bonds is 7. The molecule has 2 fully saturated rings. The maximum Gasteiger partial charge on any atom is 0.433 e. The third-order valence-electron chi connectivity index (χ3n) is 9.02. The highest BCUT2D eigenvalue weighted by Crippen LogP contribution is 2.37. The lowest BCUT2D eigenvalue weighted by Gasteiger charge is -2.43. The summed E-state index contributed by atoms with van der Waals surface area (Å²) >= 11 is 0. The Balaban J connectivity index is 1.27. The third-order valence-corrected chi connectivity index (χ3v) is 9.02. The zero-order valence-electron chi connectivity index (χ0n) is 26.1. The van der Waals surface area contributed by atoms with Gasteiger partial charge in [-0.1, -0.05) is 12.1 Å². The number of methoxy groups -OCH3 is 1. The van der Waals surface area contributed by atoms with Crippen LogP contribution in [-0.2, 0) is 6.18 Å². The SMILES string of the molecule is COc1ccc(-c2nc3c(C(=O)N4CCN(C(CO)c5cccc(N6CCNCC6)c5)C[C@H]4C)cnn3c(C(F)(F)F)c2C)cc1. The van der Waals surface area contributed by atoms with Gasteiger partial charge in [0.25, 0.3) is 5.91 Å². The Labute approximate surface area is 265 Å². The van der Waals surface area contributed by atoms with Gasteiger partial charge in [0.2, 0.25) is 0 Å². The van der Waals surface area contributed by atoms with Crippen LogP contribution in [0.25, 0.3) is 16.9 Å². The molecule has 10 nitrogen and oxygen atoms in total. The molecule has 0 aliphatic carbocycles. The fraction of sp³-hybridized carbons (Fsp3) is 0.424. The average molecular weight is 638 g/mol. The molecule has 4 aromatic rings. The van der Waals surface area contributed by atoms with Crippen molar-refractivity contribution in [3.63, 3.8) is 0 Å². The van der Waals surface area contributed by atoms with Crippen molar-refractivity contribution in [3.8, 4) is 17.0 Å². The van der Waals surface area contributed by atoms with Crippen molar-refractivity contribution >= 4 is 17.2 Å². The number of nitrogens with zero attached hydrogens (tertiary/aromatic N) is 6. The first kappa shape index (κ1) is 31.8. The number of halogens is 3. The maximum absolute atomic E-state index is 14.4. The molecule has 0 saturated carbocycles. The minimum Gasteiger partial charge on any atom is -0.497 e. The molecule has 0 bridgehead atoms. The van der Waals surface area contributed by atoms with Crippen LogP contribution < -0.4 is 15.0 Å². The van der Waals surface area contributed by atoms with Gasteiger partial charge in [-0.15, -0.1) is 0 Å². The lowest BCUT2D eigenvalue weighted by atomic mass is 10.0. The van der Waals surface area contributed by atoms with E-state index in [1.165, 1.54) is 20.2 Å². The highest BCUT2D eigenvalue weighted by molar-refractivity contribution is 6.00. The number of ether oxygens (including phenoxy) is 1. The number of hydrogen-bond acceptors (Lipinski definition) is 8. The summed E-state index contributed by atoms with van der Waals surface area (Å²) in [7, 11) is 1.51. The molecule has 46 heavy (non-hydrogen) atoms. The number of amides is 1. The summed E-state index contributed by atoms with van der Waals surface area (Å²) in [6, 6.07) is 14.3. The Morgan fingerprint density at radius 2 is 1.85 bits per heavy atom. The highest BCUT2D eigenvalue weighted by Gasteiger charge is 2.40. The van der Waals surface area contributed by atoms with Crippen molar-refractivity contribution in [3.05, 3.63) is 77.1 Å². The van der Waals surface area contributed by atoms with E-state index in [0.717, 1.165) is 41.9 Å². The molecule has 2 atom stereocenters. The van der Waals surface area contributed by atoms with E-state index in [0.29, 0.717) is 30.9 Å². The summed E-state index contributed by atoms with van der Waals surface area (Å²) in [5.41, 5.74) is 1.47. The second-order valence-electron chi connectivity index (χ2n) is 11.8. The number of fused-ring (bicyclic) bond motifs is 1. The quantitative estimate of drug-likeness (QED) is 0.314. The van der Waals surface area contributed by atoms with Crippen LogP contribution in [0.3, 0.4) is 0 Å². The topological polar surface area (TPSA) is 98.5 Å². The first-order chi connectivity index (χ1) is 22.1. The van der Waals surface area contributed by atoms with E-state index in [1.807, 2.05) is 19.1 Å². The van der Waals surface area contributed by atoms with Crippen LogP contribution in [0.5, 0.6) is 5.75 Å². The molecule has 0 spiro atoms. The minimum absolute atomic E-state index is 0.00277. The number of aliphatic hydroxyl groups is 1. The number of aliphatic hydroxyl groups excluding tert-OH is 1. The van der Waals surface area contributed by atoms with E-state index in [4.69, 9.17) is 4.74 Å². The van der Waals surface area contributed by atoms with Gasteiger partial charge in [0.15, 0.2) is 11.3 Å². The summed E-state index contributed by atoms with van der Waals surface area (Å²) in [6.45, 7) is 8.13. The number of benzene rings is 2. The average Bonchev–Trinajstić information content (AvgIpc) is 3.47. The Kier molecular flexibility index (Phi) is 8.90. The molecular weight excluding hydrogens is 599 g/mol. The molecule has 2 aliphatic rings. The zero-order chi connectivity index (χ0) is 32.6. The van der Waals surface area contributed by atoms with Crippen molar-refractivity contribution < 1.29 is 27.8 Å². The lowest BCUT2D eigenvalue weighted by Crippen LogP contribution is -2.55. The van der Waals surface area contributed by atoms with Gasteiger partial charge in [0.1, 0.15) is 11.3 Å². The third kappa shape index (κ3) is 6.02. The predicted octanol–water partition coefficient (Wildman–Crippen LogP) is 4.02. The normalized spacial score (nSPS) is 18.6. The first-order valence-electron chi connectivity index (χ1n) is 15.4. The molecule has 0 radical (unpaired) electrons. The molecule has 2 aromatic carbocycles. The number of hydrogen-bond donors (Lipinski definition) is 2. The van der Waals surface area contributed by atoms with Gasteiger partial charge in [0, 0.05) is 68.7 Å². The number of anilines is 1. The van der Waals surface area contributed by atoms with Gasteiger partial charge in [-0.05, 0) is 55.8 Å². The lowest BCUT2D eigenvalue weighted by molar-refractivity contribution is -0.143. The fourth-order valence-corrected chi connectivity index (χ4v) is 6.60. The van der Waals surface area contributed by atoms with Gasteiger partial charge in [-0.25, -0.2) is 9.50 Å². The largest absolute Gasteiger partial charge is 0.497 e. The molecule has 2 aliphatic heterocycles. The molecule has 2 saturated heterocycles. The molecule has 6 rings (SSSR count). The minimum atomic E-state index is -4.74. The van der Waals surface area contributed by atoms with Gasteiger partial charge in [-0.3, -0.25) is 9.69 Å². The molecule has 13 heteroatoms. The molecule has 4 heterocycles. The van der Waals surface area contributed by atoms with Crippen LogP contribution in [0.1, 0.15) is 40.1 Å². The summed E-state index contributed by atoms with van der Waals surface area (Å²) in [5, 5.41) is 17.8. The van der Waals surface area contributed by atoms with Crippen LogP contribution in [-0.4, -0.2) is 101 Å². The van der Waals surface area contributed by atoms with E-state index in [2.05, 4.69) is 37.3 Å². The van der Waals surface area contributed by atoms with Gasteiger partial charge < -0.3 is 25.0 Å². The molecule has 1 unspecified atom stereocenters. The molecule has 2 N–H and O–H groups in total. The van der Waals surface area contributed by atoms with Gasteiger partial charge >= 0.3 is 6.18 Å². The van der Waals surface area contributed by atoms with E-state index < -0.39 is 17.8 Å². The van der Waals surface area contributed by atoms with E-state index in [-0.39, 0.29) is 41.2 Å². The number of carbonyl (C=O) groups excluding carboxylic acids is 1. The Morgan fingerprint density at radius 3 is 2.50 bits per heavy atom. The van der Waals surface area contributed by atoms with Gasteiger partial charge in [-0.2, -0.15) is 18.3 Å². The standard InChI is InChI=1S/C33H38F3N7O3/c1-21-19-41(28(20-44)24-5-4-6-25(17-24)40-13-11-37-12-14-40)15-16-42(21)32(45)27-18-38-43-30(33(34,35)36)22(2)29(39-31(27)43)23-7-9-26(46-3)10-8-23/h4-10,17-18,21,28,37,44H,11-16,19-20H2,1-3H3/t21-,28?/m1/s1. The molecule has 2 aromatic heterocycles. The van der Waals surface area contributed by atoms with Crippen molar-refractivity contribution in [1.82, 2.24) is 29.7 Å². The Hall–Kier alpha value is -4.20. The van der Waals surface area contributed by atoms with Crippen LogP contribution in [0, 0.1) is 6.92 Å². The fourth-order valence-electron chi connectivity index (χ4n) is 6.60. The monoisotopic (exact) mass is 637 g/mol.